The van der Waals surface area contributed by atoms with Gasteiger partial charge in [-0.3, -0.25) is 4.79 Å². The first-order chi connectivity index (χ1) is 13.2. The molecule has 0 radical (unpaired) electrons. The number of benzene rings is 2. The van der Waals surface area contributed by atoms with Crippen molar-refractivity contribution in [1.82, 2.24) is 10.1 Å². The van der Waals surface area contributed by atoms with Gasteiger partial charge in [0.2, 0.25) is 5.91 Å². The van der Waals surface area contributed by atoms with Gasteiger partial charge in [-0.2, -0.15) is 0 Å². The Morgan fingerprint density at radius 2 is 1.96 bits per heavy atom. The van der Waals surface area contributed by atoms with Crippen LogP contribution in [0.1, 0.15) is 34.5 Å². The first-order valence-electron chi connectivity index (χ1n) is 9.10. The molecule has 6 heteroatoms. The zero-order chi connectivity index (χ0) is 18.4. The molecule has 0 bridgehead atoms. The molecule has 3 aromatic rings. The van der Waals surface area contributed by atoms with Gasteiger partial charge in [0.1, 0.15) is 5.69 Å². The van der Waals surface area contributed by atoms with Gasteiger partial charge >= 0.3 is 5.97 Å². The Morgan fingerprint density at radius 1 is 1.15 bits per heavy atom. The van der Waals surface area contributed by atoms with Crippen LogP contribution in [0, 0.1) is 0 Å². The first kappa shape index (κ1) is 16.1. The van der Waals surface area contributed by atoms with E-state index in [1.165, 1.54) is 0 Å². The molecular weight excluding hydrogens is 344 g/mol. The quantitative estimate of drug-likeness (QED) is 0.655. The topological polar surface area (TPSA) is 72.6 Å². The van der Waals surface area contributed by atoms with Crippen molar-refractivity contribution in [1.29, 1.82) is 0 Å². The minimum Gasteiger partial charge on any atom is -0.449 e. The number of nitrogens with zero attached hydrogens (tertiary/aromatic N) is 2. The fraction of sp³-hybridized carbons (Fsp3) is 0.286. The molecule has 1 aromatic heterocycles. The van der Waals surface area contributed by atoms with E-state index in [1.54, 1.807) is 11.0 Å². The van der Waals surface area contributed by atoms with Crippen LogP contribution in [0.2, 0.25) is 0 Å². The molecule has 1 atom stereocenters. The molecule has 1 fully saturated rings. The van der Waals surface area contributed by atoms with Gasteiger partial charge in [-0.25, -0.2) is 4.79 Å². The smallest absolute Gasteiger partial charge is 0.339 e. The summed E-state index contributed by atoms with van der Waals surface area (Å²) in [7, 11) is 0. The highest BCUT2D eigenvalue weighted by Crippen LogP contribution is 2.42. The zero-order valence-electron chi connectivity index (χ0n) is 14.7. The SMILES string of the molecule is O=C1OC2(CCCN(C(=O)Cc3noc4ccccc34)C2)c2ccccc21. The highest BCUT2D eigenvalue weighted by Gasteiger charge is 2.48. The number of para-hydroxylation sites is 1. The zero-order valence-corrected chi connectivity index (χ0v) is 14.7. The lowest BCUT2D eigenvalue weighted by Gasteiger charge is -2.39. The molecule has 6 nitrogen and oxygen atoms in total. The monoisotopic (exact) mass is 362 g/mol. The Hall–Kier alpha value is -3.15. The molecule has 1 amide bonds. The fourth-order valence-electron chi connectivity index (χ4n) is 4.20. The number of amides is 1. The van der Waals surface area contributed by atoms with Gasteiger partial charge in [-0.05, 0) is 31.0 Å². The van der Waals surface area contributed by atoms with Gasteiger partial charge in [0.25, 0.3) is 0 Å². The van der Waals surface area contributed by atoms with E-state index in [1.807, 2.05) is 42.5 Å². The van der Waals surface area contributed by atoms with Crippen molar-refractivity contribution in [3.05, 3.63) is 65.4 Å². The van der Waals surface area contributed by atoms with Crippen molar-refractivity contribution in [3.8, 4) is 0 Å². The summed E-state index contributed by atoms with van der Waals surface area (Å²) in [6.07, 6.45) is 1.68. The van der Waals surface area contributed by atoms with Crippen LogP contribution in [0.5, 0.6) is 0 Å². The summed E-state index contributed by atoms with van der Waals surface area (Å²) >= 11 is 0. The summed E-state index contributed by atoms with van der Waals surface area (Å²) in [4.78, 5) is 27.0. The van der Waals surface area contributed by atoms with E-state index >= 15 is 0 Å². The van der Waals surface area contributed by atoms with Crippen molar-refractivity contribution in [2.45, 2.75) is 24.9 Å². The maximum atomic E-state index is 12.9. The third kappa shape index (κ3) is 2.51. The number of rotatable bonds is 2. The normalized spacial score (nSPS) is 21.5. The molecule has 0 aliphatic carbocycles. The van der Waals surface area contributed by atoms with Gasteiger partial charge < -0.3 is 14.2 Å². The van der Waals surface area contributed by atoms with Crippen molar-refractivity contribution >= 4 is 22.8 Å². The van der Waals surface area contributed by atoms with Crippen molar-refractivity contribution in [2.75, 3.05) is 13.1 Å². The summed E-state index contributed by atoms with van der Waals surface area (Å²) in [5.41, 5.74) is 2.08. The standard InChI is InChI=1S/C21H18N2O4/c24-19(12-17-15-7-2-4-9-18(15)27-22-17)23-11-5-10-21(13-23)16-8-3-1-6-14(16)20(25)26-21/h1-4,6-9H,5,10-13H2. The number of carbonyl (C=O) groups is 2. The van der Waals surface area contributed by atoms with Crippen LogP contribution in [0.4, 0.5) is 0 Å². The molecule has 5 rings (SSSR count). The number of esters is 1. The van der Waals surface area contributed by atoms with Crippen molar-refractivity contribution < 1.29 is 18.8 Å². The highest BCUT2D eigenvalue weighted by atomic mass is 16.6. The molecule has 1 saturated heterocycles. The summed E-state index contributed by atoms with van der Waals surface area (Å²) < 4.78 is 11.1. The lowest BCUT2D eigenvalue weighted by molar-refractivity contribution is -0.138. The molecule has 2 aliphatic rings. The number of likely N-dealkylation sites (tertiary alicyclic amines) is 1. The number of piperidine rings is 1. The third-order valence-corrected chi connectivity index (χ3v) is 5.50. The minimum atomic E-state index is -0.729. The second-order valence-corrected chi connectivity index (χ2v) is 7.15. The predicted molar refractivity (Wildman–Crippen MR) is 97.1 cm³/mol. The molecule has 0 saturated carbocycles. The van der Waals surface area contributed by atoms with E-state index in [0.717, 1.165) is 23.8 Å². The molecule has 2 aliphatic heterocycles. The largest absolute Gasteiger partial charge is 0.449 e. The molecule has 3 heterocycles. The molecule has 0 N–H and O–H groups in total. The molecule has 1 spiro atoms. The van der Waals surface area contributed by atoms with Crippen LogP contribution in [0.3, 0.4) is 0 Å². The summed E-state index contributed by atoms with van der Waals surface area (Å²) in [5.74, 6) is -0.337. The second kappa shape index (κ2) is 5.94. The van der Waals surface area contributed by atoms with Crippen LogP contribution >= 0.6 is 0 Å². The number of hydrogen-bond donors (Lipinski definition) is 0. The van der Waals surface area contributed by atoms with Crippen molar-refractivity contribution in [2.24, 2.45) is 0 Å². The Labute approximate surface area is 155 Å². The average molecular weight is 362 g/mol. The van der Waals surface area contributed by atoms with E-state index in [2.05, 4.69) is 5.16 Å². The van der Waals surface area contributed by atoms with Gasteiger partial charge in [0.05, 0.1) is 18.5 Å². The summed E-state index contributed by atoms with van der Waals surface area (Å²) in [6, 6.07) is 15.0. The second-order valence-electron chi connectivity index (χ2n) is 7.15. The summed E-state index contributed by atoms with van der Waals surface area (Å²) in [5, 5.41) is 4.92. The summed E-state index contributed by atoms with van der Waals surface area (Å²) in [6.45, 7) is 1.03. The number of aromatic nitrogens is 1. The lowest BCUT2D eigenvalue weighted by Crippen LogP contribution is -2.49. The maximum absolute atomic E-state index is 12.9. The van der Waals surface area contributed by atoms with Crippen LogP contribution < -0.4 is 0 Å². The fourth-order valence-corrected chi connectivity index (χ4v) is 4.20. The van der Waals surface area contributed by atoms with Crippen LogP contribution in [0.25, 0.3) is 11.0 Å². The van der Waals surface area contributed by atoms with E-state index in [4.69, 9.17) is 9.26 Å². The van der Waals surface area contributed by atoms with E-state index in [9.17, 15) is 9.59 Å². The maximum Gasteiger partial charge on any atom is 0.339 e. The predicted octanol–water partition coefficient (Wildman–Crippen LogP) is 3.06. The number of ether oxygens (including phenoxy) is 1. The van der Waals surface area contributed by atoms with E-state index in [-0.39, 0.29) is 18.3 Å². The van der Waals surface area contributed by atoms with Gasteiger partial charge in [0.15, 0.2) is 11.2 Å². The lowest BCUT2D eigenvalue weighted by atomic mass is 9.85. The molecule has 27 heavy (non-hydrogen) atoms. The minimum absolute atomic E-state index is 0.0337. The Bertz CT molecular complexity index is 1060. The van der Waals surface area contributed by atoms with E-state index in [0.29, 0.717) is 29.9 Å². The van der Waals surface area contributed by atoms with Gasteiger partial charge in [0, 0.05) is 17.5 Å². The molecule has 1 unspecified atom stereocenters. The number of carbonyl (C=O) groups excluding carboxylic acids is 2. The van der Waals surface area contributed by atoms with E-state index < -0.39 is 5.60 Å². The Balaban J connectivity index is 1.40. The van der Waals surface area contributed by atoms with Crippen molar-refractivity contribution in [3.63, 3.8) is 0 Å². The van der Waals surface area contributed by atoms with Gasteiger partial charge in [-0.15, -0.1) is 0 Å². The van der Waals surface area contributed by atoms with Crippen LogP contribution in [0.15, 0.2) is 53.1 Å². The van der Waals surface area contributed by atoms with Crippen LogP contribution in [-0.2, 0) is 21.6 Å². The molecule has 136 valence electrons. The molecule has 2 aromatic carbocycles. The average Bonchev–Trinajstić information content (AvgIpc) is 3.22. The Morgan fingerprint density at radius 3 is 2.89 bits per heavy atom. The third-order valence-electron chi connectivity index (χ3n) is 5.50. The number of fused-ring (bicyclic) bond motifs is 3. The Kier molecular flexibility index (Phi) is 3.53. The first-order valence-corrected chi connectivity index (χ1v) is 9.10. The number of hydrogen-bond acceptors (Lipinski definition) is 5. The molecular formula is C21H18N2O4. The van der Waals surface area contributed by atoms with Gasteiger partial charge in [-0.1, -0.05) is 35.5 Å². The van der Waals surface area contributed by atoms with Crippen LogP contribution in [-0.4, -0.2) is 35.0 Å². The highest BCUT2D eigenvalue weighted by molar-refractivity contribution is 5.95.